The Morgan fingerprint density at radius 1 is 1.32 bits per heavy atom. The smallest absolute Gasteiger partial charge is 0.322 e. The molecule has 120 valence electrons. The SMILES string of the molecule is COc1ccc(NC(=O)N2CC[C@H](C)[C@H]3CCCC[C@@H]32)cn1. The van der Waals surface area contributed by atoms with Crippen molar-refractivity contribution in [3.05, 3.63) is 18.3 Å². The fourth-order valence-electron chi connectivity index (χ4n) is 3.94. The van der Waals surface area contributed by atoms with E-state index in [2.05, 4.69) is 17.2 Å². The Balaban J connectivity index is 1.67. The molecular weight excluding hydrogens is 278 g/mol. The number of nitrogens with zero attached hydrogens (tertiary/aromatic N) is 2. The number of methoxy groups -OCH3 is 1. The molecule has 1 aromatic rings. The molecule has 0 unspecified atom stereocenters. The Labute approximate surface area is 132 Å². The summed E-state index contributed by atoms with van der Waals surface area (Å²) in [7, 11) is 1.58. The molecule has 5 nitrogen and oxygen atoms in total. The van der Waals surface area contributed by atoms with Crippen LogP contribution in [0, 0.1) is 11.8 Å². The van der Waals surface area contributed by atoms with Crippen LogP contribution in [-0.2, 0) is 0 Å². The van der Waals surface area contributed by atoms with Gasteiger partial charge in [-0.05, 0) is 37.2 Å². The molecule has 2 aliphatic rings. The fraction of sp³-hybridized carbons (Fsp3) is 0.647. The van der Waals surface area contributed by atoms with Gasteiger partial charge in [0, 0.05) is 18.7 Å². The molecule has 0 radical (unpaired) electrons. The molecule has 3 atom stereocenters. The highest BCUT2D eigenvalue weighted by atomic mass is 16.5. The summed E-state index contributed by atoms with van der Waals surface area (Å²) < 4.78 is 5.04. The number of carbonyl (C=O) groups is 1. The number of nitrogens with one attached hydrogen (secondary N) is 1. The standard InChI is InChI=1S/C17H25N3O2/c1-12-9-10-20(15-6-4-3-5-14(12)15)17(21)19-13-7-8-16(22-2)18-11-13/h7-8,11-12,14-15H,3-6,9-10H2,1-2H3,(H,19,21)/t12-,14+,15-/m0/s1. The average molecular weight is 303 g/mol. The largest absolute Gasteiger partial charge is 0.481 e. The van der Waals surface area contributed by atoms with Crippen molar-refractivity contribution in [2.24, 2.45) is 11.8 Å². The van der Waals surface area contributed by atoms with Crippen LogP contribution in [-0.4, -0.2) is 35.6 Å². The van der Waals surface area contributed by atoms with Gasteiger partial charge in [0.05, 0.1) is 19.0 Å². The second-order valence-corrected chi connectivity index (χ2v) is 6.49. The Bertz CT molecular complexity index is 517. The minimum absolute atomic E-state index is 0.00997. The normalized spacial score (nSPS) is 27.9. The van der Waals surface area contributed by atoms with E-state index in [0.717, 1.165) is 31.0 Å². The Kier molecular flexibility index (Phi) is 4.50. The third-order valence-electron chi connectivity index (χ3n) is 5.20. The second kappa shape index (κ2) is 6.55. The van der Waals surface area contributed by atoms with E-state index in [4.69, 9.17) is 4.74 Å². The van der Waals surface area contributed by atoms with Gasteiger partial charge in [0.2, 0.25) is 5.88 Å². The number of anilines is 1. The zero-order valence-electron chi connectivity index (χ0n) is 13.4. The molecule has 2 heterocycles. The minimum Gasteiger partial charge on any atom is -0.481 e. The van der Waals surface area contributed by atoms with Crippen LogP contribution in [0.25, 0.3) is 0 Å². The summed E-state index contributed by atoms with van der Waals surface area (Å²) in [6.07, 6.45) is 7.70. The zero-order chi connectivity index (χ0) is 15.5. The first-order valence-electron chi connectivity index (χ1n) is 8.26. The molecular formula is C17H25N3O2. The van der Waals surface area contributed by atoms with Crippen molar-refractivity contribution < 1.29 is 9.53 Å². The number of hydrogen-bond donors (Lipinski definition) is 1. The van der Waals surface area contributed by atoms with Crippen molar-refractivity contribution in [3.8, 4) is 5.88 Å². The number of urea groups is 1. The van der Waals surface area contributed by atoms with E-state index in [-0.39, 0.29) is 6.03 Å². The number of likely N-dealkylation sites (tertiary alicyclic amines) is 1. The van der Waals surface area contributed by atoms with Crippen molar-refractivity contribution in [2.75, 3.05) is 19.0 Å². The summed E-state index contributed by atoms with van der Waals surface area (Å²) >= 11 is 0. The molecule has 0 aromatic carbocycles. The number of pyridine rings is 1. The maximum absolute atomic E-state index is 12.6. The highest BCUT2D eigenvalue weighted by Gasteiger charge is 2.39. The predicted molar refractivity (Wildman–Crippen MR) is 86.0 cm³/mol. The third kappa shape index (κ3) is 3.03. The van der Waals surface area contributed by atoms with Gasteiger partial charge in [0.25, 0.3) is 0 Å². The minimum atomic E-state index is 0.00997. The van der Waals surface area contributed by atoms with E-state index in [1.807, 2.05) is 11.0 Å². The quantitative estimate of drug-likeness (QED) is 0.909. The van der Waals surface area contributed by atoms with E-state index in [9.17, 15) is 4.79 Å². The van der Waals surface area contributed by atoms with Crippen LogP contribution in [0.15, 0.2) is 18.3 Å². The molecule has 2 amide bonds. The molecule has 1 aliphatic heterocycles. The molecule has 1 aromatic heterocycles. The van der Waals surface area contributed by atoms with Crippen LogP contribution in [0.4, 0.5) is 10.5 Å². The first-order valence-corrected chi connectivity index (χ1v) is 8.26. The van der Waals surface area contributed by atoms with Crippen molar-refractivity contribution in [2.45, 2.75) is 45.1 Å². The lowest BCUT2D eigenvalue weighted by Gasteiger charge is -2.47. The van der Waals surface area contributed by atoms with E-state index < -0.39 is 0 Å². The number of ether oxygens (including phenoxy) is 1. The summed E-state index contributed by atoms with van der Waals surface area (Å²) in [6, 6.07) is 4.01. The highest BCUT2D eigenvalue weighted by molar-refractivity contribution is 5.89. The Hall–Kier alpha value is -1.78. The predicted octanol–water partition coefficient (Wildman–Crippen LogP) is 3.52. The molecule has 1 saturated carbocycles. The molecule has 1 N–H and O–H groups in total. The topological polar surface area (TPSA) is 54.5 Å². The number of piperidine rings is 1. The lowest BCUT2D eigenvalue weighted by atomic mass is 9.73. The number of rotatable bonds is 2. The molecule has 1 saturated heterocycles. The van der Waals surface area contributed by atoms with Crippen LogP contribution in [0.3, 0.4) is 0 Å². The summed E-state index contributed by atoms with van der Waals surface area (Å²) in [5.41, 5.74) is 0.719. The van der Waals surface area contributed by atoms with Crippen molar-refractivity contribution in [3.63, 3.8) is 0 Å². The fourth-order valence-corrected chi connectivity index (χ4v) is 3.94. The van der Waals surface area contributed by atoms with Crippen molar-refractivity contribution in [1.29, 1.82) is 0 Å². The number of aromatic nitrogens is 1. The van der Waals surface area contributed by atoms with Crippen LogP contribution < -0.4 is 10.1 Å². The van der Waals surface area contributed by atoms with Gasteiger partial charge in [0.15, 0.2) is 0 Å². The molecule has 1 aliphatic carbocycles. The highest BCUT2D eigenvalue weighted by Crippen LogP contribution is 2.38. The summed E-state index contributed by atoms with van der Waals surface area (Å²) in [5, 5.41) is 2.98. The van der Waals surface area contributed by atoms with E-state index in [1.54, 1.807) is 19.4 Å². The second-order valence-electron chi connectivity index (χ2n) is 6.49. The van der Waals surface area contributed by atoms with E-state index in [0.29, 0.717) is 17.8 Å². The van der Waals surface area contributed by atoms with Crippen LogP contribution in [0.2, 0.25) is 0 Å². The maximum atomic E-state index is 12.6. The van der Waals surface area contributed by atoms with Gasteiger partial charge in [-0.3, -0.25) is 0 Å². The lowest BCUT2D eigenvalue weighted by molar-refractivity contribution is 0.0551. The Morgan fingerprint density at radius 3 is 2.86 bits per heavy atom. The Morgan fingerprint density at radius 2 is 2.14 bits per heavy atom. The zero-order valence-corrected chi connectivity index (χ0v) is 13.4. The first-order chi connectivity index (χ1) is 10.7. The number of fused-ring (bicyclic) bond motifs is 1. The van der Waals surface area contributed by atoms with Gasteiger partial charge in [-0.25, -0.2) is 9.78 Å². The van der Waals surface area contributed by atoms with Gasteiger partial charge in [-0.15, -0.1) is 0 Å². The maximum Gasteiger partial charge on any atom is 0.322 e. The van der Waals surface area contributed by atoms with Gasteiger partial charge in [-0.1, -0.05) is 19.8 Å². The average Bonchev–Trinajstić information content (AvgIpc) is 2.56. The number of carbonyl (C=O) groups excluding carboxylic acids is 1. The molecule has 2 fully saturated rings. The lowest BCUT2D eigenvalue weighted by Crippen LogP contribution is -2.53. The van der Waals surface area contributed by atoms with Crippen LogP contribution in [0.5, 0.6) is 5.88 Å². The van der Waals surface area contributed by atoms with Gasteiger partial charge >= 0.3 is 6.03 Å². The van der Waals surface area contributed by atoms with Gasteiger partial charge in [-0.2, -0.15) is 0 Å². The van der Waals surface area contributed by atoms with E-state index >= 15 is 0 Å². The van der Waals surface area contributed by atoms with Crippen molar-refractivity contribution >= 4 is 11.7 Å². The van der Waals surface area contributed by atoms with Crippen molar-refractivity contribution in [1.82, 2.24) is 9.88 Å². The monoisotopic (exact) mass is 303 g/mol. The molecule has 3 rings (SSSR count). The number of hydrogen-bond acceptors (Lipinski definition) is 3. The summed E-state index contributed by atoms with van der Waals surface area (Å²) in [4.78, 5) is 18.8. The summed E-state index contributed by atoms with van der Waals surface area (Å²) in [5.74, 6) is 1.95. The van der Waals surface area contributed by atoms with Crippen LogP contribution in [0.1, 0.15) is 39.0 Å². The number of amides is 2. The van der Waals surface area contributed by atoms with Crippen LogP contribution >= 0.6 is 0 Å². The third-order valence-corrected chi connectivity index (χ3v) is 5.20. The molecule has 22 heavy (non-hydrogen) atoms. The molecule has 5 heteroatoms. The molecule has 0 bridgehead atoms. The first kappa shape index (κ1) is 15.1. The summed E-state index contributed by atoms with van der Waals surface area (Å²) in [6.45, 7) is 3.20. The van der Waals surface area contributed by atoms with Gasteiger partial charge < -0.3 is 15.0 Å². The molecule has 0 spiro atoms. The van der Waals surface area contributed by atoms with E-state index in [1.165, 1.54) is 19.3 Å². The van der Waals surface area contributed by atoms with Gasteiger partial charge in [0.1, 0.15) is 0 Å².